The van der Waals surface area contributed by atoms with E-state index in [0.717, 1.165) is 38.6 Å². The Hall–Kier alpha value is -0.580. The van der Waals surface area contributed by atoms with Gasteiger partial charge in [-0.15, -0.1) is 0 Å². The van der Waals surface area contributed by atoms with Crippen LogP contribution in [0.25, 0.3) is 0 Å². The van der Waals surface area contributed by atoms with Crippen molar-refractivity contribution in [2.75, 3.05) is 13.2 Å². The van der Waals surface area contributed by atoms with Crippen molar-refractivity contribution in [1.82, 2.24) is 4.90 Å². The van der Waals surface area contributed by atoms with Crippen LogP contribution in [0, 0.1) is 28.1 Å². The van der Waals surface area contributed by atoms with E-state index >= 15 is 0 Å². The van der Waals surface area contributed by atoms with Crippen LogP contribution in [-0.4, -0.2) is 40.3 Å². The van der Waals surface area contributed by atoms with Gasteiger partial charge in [0.15, 0.2) is 6.61 Å². The molecule has 5 heteroatoms. The highest BCUT2D eigenvalue weighted by Crippen LogP contribution is 2.64. The van der Waals surface area contributed by atoms with E-state index in [1.807, 2.05) is 4.90 Å². The third kappa shape index (κ3) is 3.15. The van der Waals surface area contributed by atoms with Crippen molar-refractivity contribution in [3.8, 4) is 0 Å². The Kier molecular flexibility index (Phi) is 4.14. The second-order valence-electron chi connectivity index (χ2n) is 12.2. The van der Waals surface area contributed by atoms with Crippen LogP contribution < -0.4 is 0 Å². The quantitative estimate of drug-likeness (QED) is 0.461. The minimum Gasteiger partial charge on any atom is -0.455 e. The van der Waals surface area contributed by atoms with Gasteiger partial charge in [-0.1, -0.05) is 36.7 Å². The summed E-state index contributed by atoms with van der Waals surface area (Å²) >= 11 is 3.96. The summed E-state index contributed by atoms with van der Waals surface area (Å²) in [4.78, 5) is 28.1. The van der Waals surface area contributed by atoms with Gasteiger partial charge in [0.2, 0.25) is 0 Å². The van der Waals surface area contributed by atoms with Gasteiger partial charge < -0.3 is 9.64 Å². The lowest BCUT2D eigenvalue weighted by Gasteiger charge is -2.58. The lowest BCUT2D eigenvalue weighted by Crippen LogP contribution is -2.56. The molecule has 6 fully saturated rings. The molecule has 4 nitrogen and oxygen atoms in total. The molecule has 5 aliphatic carbocycles. The summed E-state index contributed by atoms with van der Waals surface area (Å²) in [7, 11) is 0. The van der Waals surface area contributed by atoms with Crippen LogP contribution in [0.15, 0.2) is 0 Å². The number of amides is 1. The summed E-state index contributed by atoms with van der Waals surface area (Å²) < 4.78 is 5.86. The fourth-order valence-corrected chi connectivity index (χ4v) is 9.96. The maximum Gasteiger partial charge on any atom is 0.312 e. The first-order chi connectivity index (χ1) is 13.0. The Bertz CT molecular complexity index is 705. The average molecular weight is 452 g/mol. The topological polar surface area (TPSA) is 46.6 Å². The Morgan fingerprint density at radius 1 is 1.00 bits per heavy atom. The maximum atomic E-state index is 13.1. The molecule has 0 unspecified atom stereocenters. The standard InChI is InChI=1S/C23H34BrNO3/c1-20(2)9-17-10-21(3,12-20)14-25(17)18(26)11-28-19(27)22-5-15-4-16(6-22)8-23(24,7-15)13-22/h15-17H,4-14H2,1-3H3/t15-,16-,17+,21-,22?,23?/m1/s1. The van der Waals surface area contributed by atoms with Crippen LogP contribution in [0.3, 0.4) is 0 Å². The van der Waals surface area contributed by atoms with Crippen LogP contribution in [0.5, 0.6) is 0 Å². The van der Waals surface area contributed by atoms with E-state index in [9.17, 15) is 9.59 Å². The van der Waals surface area contributed by atoms with Crippen LogP contribution in [-0.2, 0) is 14.3 Å². The molecule has 1 saturated heterocycles. The first-order valence-electron chi connectivity index (χ1n) is 11.1. The van der Waals surface area contributed by atoms with Crippen molar-refractivity contribution in [3.63, 3.8) is 0 Å². The maximum absolute atomic E-state index is 13.1. The van der Waals surface area contributed by atoms with Crippen molar-refractivity contribution >= 4 is 27.8 Å². The number of carbonyl (C=O) groups is 2. The normalized spacial score (nSPS) is 48.0. The molecule has 0 radical (unpaired) electrons. The summed E-state index contributed by atoms with van der Waals surface area (Å²) in [5.41, 5.74) is 0.157. The molecule has 1 heterocycles. The Morgan fingerprint density at radius 2 is 1.68 bits per heavy atom. The first kappa shape index (κ1) is 19.4. The van der Waals surface area contributed by atoms with Gasteiger partial charge in [0.05, 0.1) is 5.41 Å². The number of likely N-dealkylation sites (tertiary alicyclic amines) is 1. The highest BCUT2D eigenvalue weighted by molar-refractivity contribution is 9.10. The molecule has 6 aliphatic rings. The number of fused-ring (bicyclic) bond motifs is 2. The number of hydrogen-bond acceptors (Lipinski definition) is 3. The third-order valence-corrected chi connectivity index (χ3v) is 9.41. The molecule has 28 heavy (non-hydrogen) atoms. The van der Waals surface area contributed by atoms with Crippen molar-refractivity contribution in [1.29, 1.82) is 0 Å². The van der Waals surface area contributed by atoms with E-state index in [0.29, 0.717) is 17.9 Å². The molecule has 0 spiro atoms. The van der Waals surface area contributed by atoms with E-state index in [1.165, 1.54) is 25.7 Å². The summed E-state index contributed by atoms with van der Waals surface area (Å²) in [5.74, 6) is 1.19. The smallest absolute Gasteiger partial charge is 0.312 e. The molecule has 0 aromatic rings. The zero-order valence-corrected chi connectivity index (χ0v) is 19.1. The Labute approximate surface area is 177 Å². The monoisotopic (exact) mass is 451 g/mol. The number of halogens is 1. The minimum atomic E-state index is -0.345. The number of esters is 1. The number of rotatable bonds is 3. The van der Waals surface area contributed by atoms with Gasteiger partial charge in [0, 0.05) is 16.9 Å². The molecular weight excluding hydrogens is 418 g/mol. The number of hydrogen-bond donors (Lipinski definition) is 0. The van der Waals surface area contributed by atoms with Gasteiger partial charge in [-0.25, -0.2) is 0 Å². The molecule has 0 aromatic heterocycles. The van der Waals surface area contributed by atoms with Gasteiger partial charge in [0.25, 0.3) is 5.91 Å². The summed E-state index contributed by atoms with van der Waals surface area (Å²) in [6.45, 7) is 7.68. The summed E-state index contributed by atoms with van der Waals surface area (Å²) in [5, 5.41) is 0. The lowest BCUT2D eigenvalue weighted by atomic mass is 9.49. The second kappa shape index (κ2) is 5.98. The van der Waals surface area contributed by atoms with Crippen molar-refractivity contribution in [2.45, 2.75) is 88.9 Å². The Balaban J connectivity index is 1.24. The van der Waals surface area contributed by atoms with Gasteiger partial charge in [-0.3, -0.25) is 9.59 Å². The Morgan fingerprint density at radius 3 is 2.32 bits per heavy atom. The van der Waals surface area contributed by atoms with Crippen molar-refractivity contribution in [2.24, 2.45) is 28.1 Å². The molecule has 6 rings (SSSR count). The van der Waals surface area contributed by atoms with Crippen molar-refractivity contribution < 1.29 is 14.3 Å². The minimum absolute atomic E-state index is 0.0121. The van der Waals surface area contributed by atoms with Crippen molar-refractivity contribution in [3.05, 3.63) is 0 Å². The van der Waals surface area contributed by atoms with E-state index in [2.05, 4.69) is 36.7 Å². The first-order valence-corrected chi connectivity index (χ1v) is 11.9. The lowest BCUT2D eigenvalue weighted by molar-refractivity contribution is -0.172. The molecule has 1 amide bonds. The van der Waals surface area contributed by atoms with E-state index in [-0.39, 0.29) is 39.1 Å². The van der Waals surface area contributed by atoms with E-state index < -0.39 is 0 Å². The fourth-order valence-electron chi connectivity index (χ4n) is 8.50. The van der Waals surface area contributed by atoms with Gasteiger partial charge >= 0.3 is 5.97 Å². The number of alkyl halides is 1. The predicted molar refractivity (Wildman–Crippen MR) is 111 cm³/mol. The molecule has 6 bridgehead atoms. The highest BCUT2D eigenvalue weighted by Gasteiger charge is 2.60. The van der Waals surface area contributed by atoms with Crippen LogP contribution in [0.1, 0.15) is 78.6 Å². The number of nitrogens with zero attached hydrogens (tertiary/aromatic N) is 1. The zero-order valence-electron chi connectivity index (χ0n) is 17.6. The largest absolute Gasteiger partial charge is 0.455 e. The number of ether oxygens (including phenoxy) is 1. The third-order valence-electron chi connectivity index (χ3n) is 8.48. The molecule has 0 aromatic carbocycles. The van der Waals surface area contributed by atoms with E-state index in [4.69, 9.17) is 4.74 Å². The van der Waals surface area contributed by atoms with Gasteiger partial charge in [0.1, 0.15) is 0 Å². The van der Waals surface area contributed by atoms with Crippen LogP contribution >= 0.6 is 15.9 Å². The summed E-state index contributed by atoms with van der Waals surface area (Å²) in [6.07, 6.45) is 9.79. The molecule has 156 valence electrons. The predicted octanol–water partition coefficient (Wildman–Crippen LogP) is 4.69. The SMILES string of the molecule is CC1(C)C[C@H]2C[C@@](C)(CN2C(=O)COC(=O)C23C[C@H]4C[C@@H](CC(Br)(C4)C2)C3)C1. The molecule has 0 N–H and O–H groups in total. The number of carbonyl (C=O) groups excluding carboxylic acids is 2. The molecule has 4 atom stereocenters. The molecular formula is C23H34BrNO3. The molecule has 5 saturated carbocycles. The van der Waals surface area contributed by atoms with E-state index in [1.54, 1.807) is 0 Å². The van der Waals surface area contributed by atoms with Gasteiger partial charge in [-0.05, 0) is 80.5 Å². The van der Waals surface area contributed by atoms with Crippen LogP contribution in [0.2, 0.25) is 0 Å². The van der Waals surface area contributed by atoms with Gasteiger partial charge in [-0.2, -0.15) is 0 Å². The zero-order chi connectivity index (χ0) is 19.9. The average Bonchev–Trinajstić information content (AvgIpc) is 2.78. The summed E-state index contributed by atoms with van der Waals surface area (Å²) in [6, 6.07) is 0.310. The molecule has 1 aliphatic heterocycles. The fraction of sp³-hybridized carbons (Fsp3) is 0.913. The van der Waals surface area contributed by atoms with Crippen LogP contribution in [0.4, 0.5) is 0 Å². The highest BCUT2D eigenvalue weighted by atomic mass is 79.9. The second-order valence-corrected chi connectivity index (χ2v) is 13.9.